The summed E-state index contributed by atoms with van der Waals surface area (Å²) < 4.78 is 11.0. The van der Waals surface area contributed by atoms with Crippen molar-refractivity contribution in [3.63, 3.8) is 0 Å². The molecule has 0 bridgehead atoms. The quantitative estimate of drug-likeness (QED) is 0.292. The van der Waals surface area contributed by atoms with Crippen molar-refractivity contribution in [3.05, 3.63) is 65.1 Å². The lowest BCUT2D eigenvalue weighted by Gasteiger charge is -2.28. The molecule has 1 aliphatic carbocycles. The van der Waals surface area contributed by atoms with Crippen LogP contribution in [0.5, 0.6) is 0 Å². The molecule has 5 rings (SSSR count). The van der Waals surface area contributed by atoms with Crippen molar-refractivity contribution in [2.75, 3.05) is 13.2 Å². The number of carbonyl (C=O) groups is 1. The molecule has 0 unspecified atom stereocenters. The Morgan fingerprint density at radius 3 is 2.49 bits per heavy atom. The van der Waals surface area contributed by atoms with Crippen LogP contribution in [0, 0.1) is 0 Å². The zero-order valence-electron chi connectivity index (χ0n) is 23.9. The van der Waals surface area contributed by atoms with Crippen LogP contribution in [0.15, 0.2) is 52.6 Å². The lowest BCUT2D eigenvalue weighted by atomic mass is 10.1. The molecule has 1 aromatic carbocycles. The van der Waals surface area contributed by atoms with Crippen LogP contribution in [0.2, 0.25) is 0 Å². The van der Waals surface area contributed by atoms with Crippen molar-refractivity contribution in [3.8, 4) is 0 Å². The van der Waals surface area contributed by atoms with Gasteiger partial charge >= 0.3 is 0 Å². The summed E-state index contributed by atoms with van der Waals surface area (Å²) in [5.74, 6) is 0.966. The molecule has 1 saturated carbocycles. The van der Waals surface area contributed by atoms with Crippen LogP contribution in [0.25, 0.3) is 11.0 Å². The number of aromatic nitrogens is 2. The molecule has 0 atom stereocenters. The number of para-hydroxylation sites is 1. The molecule has 2 N–H and O–H groups in total. The molecule has 7 heteroatoms. The topological polar surface area (TPSA) is 91.6 Å². The van der Waals surface area contributed by atoms with Gasteiger partial charge in [-0.3, -0.25) is 4.79 Å². The second-order valence-electron chi connectivity index (χ2n) is 9.70. The fourth-order valence-electron chi connectivity index (χ4n) is 3.91. The van der Waals surface area contributed by atoms with E-state index in [1.807, 2.05) is 59.9 Å². The first kappa shape index (κ1) is 30.2. The van der Waals surface area contributed by atoms with Crippen molar-refractivity contribution in [1.82, 2.24) is 14.9 Å². The van der Waals surface area contributed by atoms with E-state index in [2.05, 4.69) is 22.1 Å². The number of allylic oxidation sites excluding steroid dienone is 1. The number of hydrogen-bond acceptors (Lipinski definition) is 5. The van der Waals surface area contributed by atoms with Gasteiger partial charge in [-0.15, -0.1) is 0 Å². The van der Waals surface area contributed by atoms with Crippen molar-refractivity contribution in [2.45, 2.75) is 92.7 Å². The third-order valence-electron chi connectivity index (χ3n) is 5.81. The minimum atomic E-state index is -0.973. The molecular weight excluding hydrogens is 466 g/mol. The summed E-state index contributed by atoms with van der Waals surface area (Å²) in [7, 11) is 0. The van der Waals surface area contributed by atoms with Crippen molar-refractivity contribution < 1.29 is 19.1 Å². The Kier molecular flexibility index (Phi) is 11.4. The number of hydrogen-bond donors (Lipinski definition) is 2. The summed E-state index contributed by atoms with van der Waals surface area (Å²) in [4.78, 5) is 21.7. The molecule has 0 radical (unpaired) electrons. The highest BCUT2D eigenvalue weighted by molar-refractivity contribution is 5.92. The van der Waals surface area contributed by atoms with Gasteiger partial charge in [0.05, 0.1) is 36.1 Å². The van der Waals surface area contributed by atoms with Crippen molar-refractivity contribution >= 4 is 16.9 Å². The van der Waals surface area contributed by atoms with Gasteiger partial charge in [0.2, 0.25) is 0 Å². The van der Waals surface area contributed by atoms with E-state index in [0.29, 0.717) is 18.8 Å². The second kappa shape index (κ2) is 14.0. The minimum absolute atomic E-state index is 0.0857. The predicted molar refractivity (Wildman–Crippen MR) is 149 cm³/mol. The van der Waals surface area contributed by atoms with Gasteiger partial charge in [0.15, 0.2) is 5.76 Å². The number of aliphatic hydroxyl groups is 1. The average molecular weight is 512 g/mol. The monoisotopic (exact) mass is 511 g/mol. The fraction of sp³-hybridized carbons (Fsp3) is 0.533. The number of aromatic amines is 1. The standard InChI is InChI=1S/C15H23N3O3.C11H10O.2C2H6/c1-10(2)13(21-8-15(3,4)20)14(19)18-6-5-11-12(7-18)17-9-16-11;1-2-4-11-9(3-1)10(7-12-11)8-5-6-8;2*1-2/h9,20H,5-8H2,1-4H3,(H,16,17);1-4,7-8H,5-6H2;2*1-2H3. The van der Waals surface area contributed by atoms with Crippen LogP contribution in [0.1, 0.15) is 91.1 Å². The Labute approximate surface area is 221 Å². The van der Waals surface area contributed by atoms with E-state index < -0.39 is 5.60 Å². The molecule has 1 fully saturated rings. The normalized spacial score (nSPS) is 14.1. The summed E-state index contributed by atoms with van der Waals surface area (Å²) >= 11 is 0. The largest absolute Gasteiger partial charge is 0.485 e. The number of carbonyl (C=O) groups excluding carboxylic acids is 1. The minimum Gasteiger partial charge on any atom is -0.485 e. The van der Waals surface area contributed by atoms with Gasteiger partial charge in [0.25, 0.3) is 5.91 Å². The molecule has 204 valence electrons. The number of fused-ring (bicyclic) bond motifs is 2. The van der Waals surface area contributed by atoms with Gasteiger partial charge < -0.3 is 24.1 Å². The smallest absolute Gasteiger partial charge is 0.289 e. The third-order valence-corrected chi connectivity index (χ3v) is 5.81. The highest BCUT2D eigenvalue weighted by Crippen LogP contribution is 2.43. The highest BCUT2D eigenvalue weighted by atomic mass is 16.5. The van der Waals surface area contributed by atoms with E-state index in [1.54, 1.807) is 25.1 Å². The number of H-pyrrole nitrogens is 1. The number of nitrogens with zero attached hydrogens (tertiary/aromatic N) is 2. The molecule has 2 aromatic heterocycles. The molecule has 7 nitrogen and oxygen atoms in total. The molecule has 1 aliphatic heterocycles. The summed E-state index contributed by atoms with van der Waals surface area (Å²) in [5.41, 5.74) is 4.27. The summed E-state index contributed by atoms with van der Waals surface area (Å²) in [5, 5.41) is 11.1. The number of rotatable bonds is 5. The number of furan rings is 1. The number of amides is 1. The molecule has 37 heavy (non-hydrogen) atoms. The van der Waals surface area contributed by atoms with Gasteiger partial charge in [0, 0.05) is 23.9 Å². The maximum Gasteiger partial charge on any atom is 0.289 e. The number of imidazole rings is 1. The number of nitrogens with one attached hydrogen (secondary N) is 1. The Hall–Kier alpha value is -3.06. The Balaban J connectivity index is 0.000000252. The highest BCUT2D eigenvalue weighted by Gasteiger charge is 2.28. The SMILES string of the molecule is CC.CC.CC(C)=C(OCC(C)(C)O)C(=O)N1CCc2nc[nH]c2C1.c1ccc2c(C3CC3)coc2c1. The lowest BCUT2D eigenvalue weighted by molar-refractivity contribution is -0.133. The van der Waals surface area contributed by atoms with Crippen LogP contribution in [0.4, 0.5) is 0 Å². The Morgan fingerprint density at radius 1 is 1.19 bits per heavy atom. The fourth-order valence-corrected chi connectivity index (χ4v) is 3.91. The summed E-state index contributed by atoms with van der Waals surface area (Å²) in [6, 6.07) is 8.26. The van der Waals surface area contributed by atoms with Gasteiger partial charge in [-0.25, -0.2) is 4.98 Å². The van der Waals surface area contributed by atoms with Crippen molar-refractivity contribution in [2.24, 2.45) is 0 Å². The van der Waals surface area contributed by atoms with Crippen LogP contribution in [-0.2, 0) is 22.5 Å². The van der Waals surface area contributed by atoms with E-state index >= 15 is 0 Å². The molecule has 3 heterocycles. The van der Waals surface area contributed by atoms with E-state index in [-0.39, 0.29) is 12.5 Å². The first-order valence-corrected chi connectivity index (χ1v) is 13.5. The third kappa shape index (κ3) is 8.49. The Morgan fingerprint density at radius 2 is 1.86 bits per heavy atom. The van der Waals surface area contributed by atoms with Crippen LogP contribution in [0.3, 0.4) is 0 Å². The zero-order chi connectivity index (χ0) is 27.6. The zero-order valence-corrected chi connectivity index (χ0v) is 23.9. The van der Waals surface area contributed by atoms with E-state index in [1.165, 1.54) is 23.8 Å². The van der Waals surface area contributed by atoms with Crippen LogP contribution in [-0.4, -0.2) is 44.6 Å². The maximum absolute atomic E-state index is 12.6. The first-order valence-electron chi connectivity index (χ1n) is 13.5. The molecular formula is C30H45N3O4. The van der Waals surface area contributed by atoms with E-state index in [0.717, 1.165) is 34.9 Å². The van der Waals surface area contributed by atoms with Gasteiger partial charge in [0.1, 0.15) is 12.2 Å². The van der Waals surface area contributed by atoms with Gasteiger partial charge in [-0.1, -0.05) is 45.9 Å². The molecule has 0 saturated heterocycles. The number of ether oxygens (including phenoxy) is 1. The van der Waals surface area contributed by atoms with Crippen molar-refractivity contribution in [1.29, 1.82) is 0 Å². The summed E-state index contributed by atoms with van der Waals surface area (Å²) in [6.45, 7) is 16.2. The van der Waals surface area contributed by atoms with E-state index in [9.17, 15) is 9.90 Å². The molecule has 1 amide bonds. The maximum atomic E-state index is 12.6. The molecule has 2 aliphatic rings. The Bertz CT molecular complexity index is 1140. The molecule has 0 spiro atoms. The van der Waals surface area contributed by atoms with E-state index in [4.69, 9.17) is 9.15 Å². The average Bonchev–Trinajstić information content (AvgIpc) is 3.46. The molecule has 3 aromatic rings. The van der Waals surface area contributed by atoms with Gasteiger partial charge in [-0.2, -0.15) is 0 Å². The lowest BCUT2D eigenvalue weighted by Crippen LogP contribution is -2.38. The second-order valence-corrected chi connectivity index (χ2v) is 9.70. The predicted octanol–water partition coefficient (Wildman–Crippen LogP) is 6.74. The van der Waals surface area contributed by atoms with Crippen LogP contribution >= 0.6 is 0 Å². The van der Waals surface area contributed by atoms with Gasteiger partial charge in [-0.05, 0) is 58.1 Å². The number of benzene rings is 1. The summed E-state index contributed by atoms with van der Waals surface area (Å²) in [6.07, 6.45) is 6.99. The first-order chi connectivity index (χ1) is 17.7. The van der Waals surface area contributed by atoms with Crippen LogP contribution < -0.4 is 0 Å².